The smallest absolute Gasteiger partial charge is 0.164 e. The number of rotatable bonds is 5. The summed E-state index contributed by atoms with van der Waals surface area (Å²) in [5.74, 6) is 3.95. The molecule has 76 valence electrons. The molecule has 4 heteroatoms. The monoisotopic (exact) mass is 192 g/mol. The third-order valence-electron chi connectivity index (χ3n) is 1.67. The van der Waals surface area contributed by atoms with Crippen LogP contribution in [0.5, 0.6) is 0 Å². The number of terminal acetylenes is 1. The Kier molecular flexibility index (Phi) is 4.14. The Morgan fingerprint density at radius 1 is 1.64 bits per heavy atom. The minimum atomic E-state index is 0.483. The summed E-state index contributed by atoms with van der Waals surface area (Å²) in [5, 5.41) is 7.46. The van der Waals surface area contributed by atoms with Crippen molar-refractivity contribution in [3.05, 3.63) is 12.2 Å². The van der Waals surface area contributed by atoms with Crippen LogP contribution in [-0.2, 0) is 13.1 Å². The SMILES string of the molecule is C#CCn1cnc(CNCC(C)C)n1. The van der Waals surface area contributed by atoms with Gasteiger partial charge < -0.3 is 5.32 Å². The summed E-state index contributed by atoms with van der Waals surface area (Å²) in [5.41, 5.74) is 0. The topological polar surface area (TPSA) is 42.7 Å². The molecule has 1 aromatic heterocycles. The van der Waals surface area contributed by atoms with E-state index in [1.165, 1.54) is 0 Å². The van der Waals surface area contributed by atoms with Gasteiger partial charge in [0.15, 0.2) is 5.82 Å². The Morgan fingerprint density at radius 2 is 2.43 bits per heavy atom. The Morgan fingerprint density at radius 3 is 3.07 bits per heavy atom. The van der Waals surface area contributed by atoms with Crippen molar-refractivity contribution in [1.82, 2.24) is 20.1 Å². The van der Waals surface area contributed by atoms with Gasteiger partial charge in [0.2, 0.25) is 0 Å². The van der Waals surface area contributed by atoms with Crippen LogP contribution in [0.1, 0.15) is 19.7 Å². The molecule has 4 nitrogen and oxygen atoms in total. The molecule has 1 rings (SSSR count). The van der Waals surface area contributed by atoms with Gasteiger partial charge in [0, 0.05) is 0 Å². The molecule has 1 heterocycles. The van der Waals surface area contributed by atoms with Crippen LogP contribution in [0.4, 0.5) is 0 Å². The fourth-order valence-corrected chi connectivity index (χ4v) is 1.06. The molecule has 0 saturated carbocycles. The Balaban J connectivity index is 2.33. The fourth-order valence-electron chi connectivity index (χ4n) is 1.06. The van der Waals surface area contributed by atoms with Gasteiger partial charge in [-0.1, -0.05) is 19.8 Å². The van der Waals surface area contributed by atoms with E-state index < -0.39 is 0 Å². The van der Waals surface area contributed by atoms with E-state index in [2.05, 4.69) is 35.2 Å². The van der Waals surface area contributed by atoms with E-state index in [0.29, 0.717) is 19.0 Å². The first-order valence-electron chi connectivity index (χ1n) is 4.75. The van der Waals surface area contributed by atoms with E-state index in [4.69, 9.17) is 6.42 Å². The molecule has 0 fully saturated rings. The van der Waals surface area contributed by atoms with Gasteiger partial charge in [-0.05, 0) is 12.5 Å². The van der Waals surface area contributed by atoms with Crippen LogP contribution in [0.25, 0.3) is 0 Å². The lowest BCUT2D eigenvalue weighted by atomic mass is 10.2. The number of nitrogens with zero attached hydrogens (tertiary/aromatic N) is 3. The maximum Gasteiger partial charge on any atom is 0.164 e. The predicted molar refractivity (Wildman–Crippen MR) is 55.4 cm³/mol. The highest BCUT2D eigenvalue weighted by Crippen LogP contribution is 1.91. The van der Waals surface area contributed by atoms with Crippen molar-refractivity contribution in [1.29, 1.82) is 0 Å². The van der Waals surface area contributed by atoms with Crippen molar-refractivity contribution in [2.75, 3.05) is 6.54 Å². The Hall–Kier alpha value is -1.34. The van der Waals surface area contributed by atoms with Crippen LogP contribution in [0.15, 0.2) is 6.33 Å². The second kappa shape index (κ2) is 5.40. The summed E-state index contributed by atoms with van der Waals surface area (Å²) >= 11 is 0. The van der Waals surface area contributed by atoms with E-state index in [0.717, 1.165) is 12.4 Å². The van der Waals surface area contributed by atoms with Crippen LogP contribution in [-0.4, -0.2) is 21.3 Å². The molecule has 0 radical (unpaired) electrons. The van der Waals surface area contributed by atoms with Gasteiger partial charge in [0.1, 0.15) is 12.9 Å². The van der Waals surface area contributed by atoms with Gasteiger partial charge >= 0.3 is 0 Å². The molecule has 0 aliphatic heterocycles. The highest BCUT2D eigenvalue weighted by atomic mass is 15.3. The molecule has 1 aromatic rings. The maximum absolute atomic E-state index is 5.16. The highest BCUT2D eigenvalue weighted by molar-refractivity contribution is 4.87. The lowest BCUT2D eigenvalue weighted by Crippen LogP contribution is -2.19. The molecule has 0 spiro atoms. The zero-order chi connectivity index (χ0) is 10.4. The molecule has 0 atom stereocenters. The fraction of sp³-hybridized carbons (Fsp3) is 0.600. The number of aromatic nitrogens is 3. The van der Waals surface area contributed by atoms with E-state index >= 15 is 0 Å². The van der Waals surface area contributed by atoms with Crippen LogP contribution in [0.3, 0.4) is 0 Å². The second-order valence-corrected chi connectivity index (χ2v) is 3.59. The van der Waals surface area contributed by atoms with Crippen LogP contribution >= 0.6 is 0 Å². The molecule has 14 heavy (non-hydrogen) atoms. The molecular formula is C10H16N4. The lowest BCUT2D eigenvalue weighted by Gasteiger charge is -2.03. The van der Waals surface area contributed by atoms with Gasteiger partial charge in [-0.25, -0.2) is 9.67 Å². The molecule has 0 bridgehead atoms. The molecule has 0 aliphatic carbocycles. The normalized spacial score (nSPS) is 10.4. The summed E-state index contributed by atoms with van der Waals surface area (Å²) in [6.07, 6.45) is 6.81. The standard InChI is InChI=1S/C10H16N4/c1-4-5-14-8-12-10(13-14)7-11-6-9(2)3/h1,8-9,11H,5-7H2,2-3H3. The molecule has 1 N–H and O–H groups in total. The Labute approximate surface area is 84.7 Å². The summed E-state index contributed by atoms with van der Waals surface area (Å²) in [4.78, 5) is 4.13. The summed E-state index contributed by atoms with van der Waals surface area (Å²) in [6.45, 7) is 6.49. The van der Waals surface area contributed by atoms with E-state index in [1.807, 2.05) is 0 Å². The van der Waals surface area contributed by atoms with Crippen molar-refractivity contribution in [2.45, 2.75) is 26.9 Å². The summed E-state index contributed by atoms with van der Waals surface area (Å²) in [6, 6.07) is 0. The van der Waals surface area contributed by atoms with Gasteiger partial charge in [-0.2, -0.15) is 5.10 Å². The first kappa shape index (κ1) is 10.7. The third kappa shape index (κ3) is 3.58. The van der Waals surface area contributed by atoms with Crippen LogP contribution < -0.4 is 5.32 Å². The van der Waals surface area contributed by atoms with Crippen molar-refractivity contribution in [3.63, 3.8) is 0 Å². The van der Waals surface area contributed by atoms with E-state index in [9.17, 15) is 0 Å². The molecule has 0 aromatic carbocycles. The molecule has 0 aliphatic rings. The molecular weight excluding hydrogens is 176 g/mol. The van der Waals surface area contributed by atoms with Crippen LogP contribution in [0, 0.1) is 18.3 Å². The molecule has 0 unspecified atom stereocenters. The first-order valence-corrected chi connectivity index (χ1v) is 4.75. The van der Waals surface area contributed by atoms with E-state index in [1.54, 1.807) is 11.0 Å². The van der Waals surface area contributed by atoms with Gasteiger partial charge in [-0.15, -0.1) is 6.42 Å². The van der Waals surface area contributed by atoms with Crippen molar-refractivity contribution in [2.24, 2.45) is 5.92 Å². The van der Waals surface area contributed by atoms with Crippen LogP contribution in [0.2, 0.25) is 0 Å². The predicted octanol–water partition coefficient (Wildman–Crippen LogP) is 0.657. The average molecular weight is 192 g/mol. The van der Waals surface area contributed by atoms with Crippen molar-refractivity contribution >= 4 is 0 Å². The highest BCUT2D eigenvalue weighted by Gasteiger charge is 1.99. The minimum Gasteiger partial charge on any atom is -0.310 e. The number of hydrogen-bond donors (Lipinski definition) is 1. The van der Waals surface area contributed by atoms with Crippen molar-refractivity contribution < 1.29 is 0 Å². The van der Waals surface area contributed by atoms with Gasteiger partial charge in [0.05, 0.1) is 6.54 Å². The Bertz CT molecular complexity index is 308. The quantitative estimate of drug-likeness (QED) is 0.697. The zero-order valence-corrected chi connectivity index (χ0v) is 8.70. The van der Waals surface area contributed by atoms with E-state index in [-0.39, 0.29) is 0 Å². The maximum atomic E-state index is 5.16. The second-order valence-electron chi connectivity index (χ2n) is 3.59. The lowest BCUT2D eigenvalue weighted by molar-refractivity contribution is 0.540. The molecule has 0 amide bonds. The van der Waals surface area contributed by atoms with Gasteiger partial charge in [0.25, 0.3) is 0 Å². The minimum absolute atomic E-state index is 0.483. The van der Waals surface area contributed by atoms with Gasteiger partial charge in [-0.3, -0.25) is 0 Å². The average Bonchev–Trinajstić information content (AvgIpc) is 2.53. The zero-order valence-electron chi connectivity index (χ0n) is 8.70. The van der Waals surface area contributed by atoms with Crippen molar-refractivity contribution in [3.8, 4) is 12.3 Å². The first-order chi connectivity index (χ1) is 6.72. The molecule has 0 saturated heterocycles. The summed E-state index contributed by atoms with van der Waals surface area (Å²) in [7, 11) is 0. The third-order valence-corrected chi connectivity index (χ3v) is 1.67. The number of nitrogens with one attached hydrogen (secondary N) is 1. The summed E-state index contributed by atoms with van der Waals surface area (Å²) < 4.78 is 1.66. The largest absolute Gasteiger partial charge is 0.310 e. The number of hydrogen-bond acceptors (Lipinski definition) is 3.